The number of benzene rings is 1. The van der Waals surface area contributed by atoms with Crippen molar-refractivity contribution in [2.75, 3.05) is 0 Å². The fourth-order valence-corrected chi connectivity index (χ4v) is 2.93. The molecule has 0 aliphatic rings. The van der Waals surface area contributed by atoms with E-state index in [0.29, 0.717) is 0 Å². The summed E-state index contributed by atoms with van der Waals surface area (Å²) in [6.07, 6.45) is 12.5. The monoisotopic (exact) mass is 310 g/mol. The van der Waals surface area contributed by atoms with E-state index in [-0.39, 0.29) is 0 Å². The van der Waals surface area contributed by atoms with Gasteiger partial charge in [0.05, 0.1) is 0 Å². The summed E-state index contributed by atoms with van der Waals surface area (Å²) in [5, 5.41) is 0.986. The highest BCUT2D eigenvalue weighted by molar-refractivity contribution is 9.08. The normalized spacial score (nSPS) is 10.8. The summed E-state index contributed by atoms with van der Waals surface area (Å²) in [6.45, 7) is 2.28. The summed E-state index contributed by atoms with van der Waals surface area (Å²) in [5.74, 6) is 0. The molecule has 0 radical (unpaired) electrons. The molecule has 1 rings (SSSR count). The predicted octanol–water partition coefficient (Wildman–Crippen LogP) is 6.26. The molecule has 0 saturated carbocycles. The van der Waals surface area contributed by atoms with Gasteiger partial charge in [-0.2, -0.15) is 0 Å². The molecule has 0 N–H and O–H groups in total. The van der Waals surface area contributed by atoms with Crippen molar-refractivity contribution in [3.8, 4) is 0 Å². The van der Waals surface area contributed by atoms with E-state index in [1.165, 1.54) is 68.9 Å². The average Bonchev–Trinajstić information content (AvgIpc) is 2.42. The highest BCUT2D eigenvalue weighted by Gasteiger charge is 1.99. The minimum Gasteiger partial charge on any atom is -0.0876 e. The van der Waals surface area contributed by atoms with Crippen LogP contribution in [0.5, 0.6) is 0 Å². The van der Waals surface area contributed by atoms with E-state index in [9.17, 15) is 0 Å². The lowest BCUT2D eigenvalue weighted by atomic mass is 10.0. The Hall–Kier alpha value is -0.300. The van der Waals surface area contributed by atoms with Gasteiger partial charge in [-0.15, -0.1) is 0 Å². The second kappa shape index (κ2) is 10.6. The van der Waals surface area contributed by atoms with Gasteiger partial charge in [0.15, 0.2) is 0 Å². The van der Waals surface area contributed by atoms with E-state index in [1.54, 1.807) is 0 Å². The molecule has 1 aromatic carbocycles. The Morgan fingerprint density at radius 3 is 1.94 bits per heavy atom. The third-order valence-corrected chi connectivity index (χ3v) is 4.17. The van der Waals surface area contributed by atoms with E-state index in [4.69, 9.17) is 0 Å². The highest BCUT2D eigenvalue weighted by atomic mass is 79.9. The molecule has 0 nitrogen and oxygen atoms in total. The van der Waals surface area contributed by atoms with Crippen LogP contribution in [0.15, 0.2) is 24.3 Å². The molecule has 0 heterocycles. The van der Waals surface area contributed by atoms with Crippen LogP contribution in [0.25, 0.3) is 0 Å². The number of unbranched alkanes of at least 4 members (excludes halogenated alkanes) is 7. The van der Waals surface area contributed by atoms with Crippen molar-refractivity contribution in [2.24, 2.45) is 0 Å². The summed E-state index contributed by atoms with van der Waals surface area (Å²) in [7, 11) is 0. The number of aryl methyl sites for hydroxylation is 1. The fraction of sp³-hybridized carbons (Fsp3) is 0.647. The molecular weight excluding hydrogens is 284 g/mol. The van der Waals surface area contributed by atoms with Crippen molar-refractivity contribution in [3.63, 3.8) is 0 Å². The molecule has 0 aliphatic heterocycles. The first-order valence-electron chi connectivity index (χ1n) is 7.51. The molecule has 1 heteroatoms. The van der Waals surface area contributed by atoms with Crippen molar-refractivity contribution in [2.45, 2.75) is 70.0 Å². The van der Waals surface area contributed by atoms with Crippen molar-refractivity contribution in [1.82, 2.24) is 0 Å². The lowest BCUT2D eigenvalue weighted by molar-refractivity contribution is 0.575. The van der Waals surface area contributed by atoms with E-state index >= 15 is 0 Å². The molecule has 102 valence electrons. The van der Waals surface area contributed by atoms with Crippen LogP contribution < -0.4 is 0 Å². The summed E-state index contributed by atoms with van der Waals surface area (Å²) in [4.78, 5) is 0. The number of alkyl halides is 1. The Balaban J connectivity index is 2.07. The van der Waals surface area contributed by atoms with Crippen LogP contribution in [0.4, 0.5) is 0 Å². The molecule has 0 aromatic heterocycles. The zero-order chi connectivity index (χ0) is 13.1. The van der Waals surface area contributed by atoms with Crippen LogP contribution in [0, 0.1) is 0 Å². The molecule has 0 bridgehead atoms. The van der Waals surface area contributed by atoms with E-state index < -0.39 is 0 Å². The van der Waals surface area contributed by atoms with Crippen LogP contribution in [-0.2, 0) is 11.8 Å². The van der Waals surface area contributed by atoms with E-state index in [0.717, 1.165) is 5.33 Å². The smallest absolute Gasteiger partial charge is 0.0285 e. The molecule has 0 saturated heterocycles. The molecule has 0 atom stereocenters. The average molecular weight is 311 g/mol. The lowest BCUT2D eigenvalue weighted by Gasteiger charge is -2.06. The third-order valence-electron chi connectivity index (χ3n) is 3.56. The molecule has 18 heavy (non-hydrogen) atoms. The number of rotatable bonds is 10. The minimum absolute atomic E-state index is 0.986. The van der Waals surface area contributed by atoms with Gasteiger partial charge in [-0.25, -0.2) is 0 Å². The predicted molar refractivity (Wildman–Crippen MR) is 85.4 cm³/mol. The van der Waals surface area contributed by atoms with Crippen molar-refractivity contribution >= 4 is 15.9 Å². The van der Waals surface area contributed by atoms with E-state index in [1.807, 2.05) is 0 Å². The van der Waals surface area contributed by atoms with Gasteiger partial charge in [0.1, 0.15) is 0 Å². The largest absolute Gasteiger partial charge is 0.0876 e. The van der Waals surface area contributed by atoms with Gasteiger partial charge >= 0.3 is 0 Å². The van der Waals surface area contributed by atoms with E-state index in [2.05, 4.69) is 47.1 Å². The van der Waals surface area contributed by atoms with Crippen LogP contribution in [-0.4, -0.2) is 0 Å². The Morgan fingerprint density at radius 2 is 1.33 bits per heavy atom. The van der Waals surface area contributed by atoms with Crippen molar-refractivity contribution in [3.05, 3.63) is 35.4 Å². The van der Waals surface area contributed by atoms with Gasteiger partial charge in [-0.05, 0) is 24.0 Å². The molecular formula is C17H27Br. The summed E-state index contributed by atoms with van der Waals surface area (Å²) >= 11 is 3.57. The van der Waals surface area contributed by atoms with Gasteiger partial charge in [-0.1, -0.05) is 92.1 Å². The first-order valence-corrected chi connectivity index (χ1v) is 8.63. The Bertz CT molecular complexity index is 306. The molecule has 1 aromatic rings. The van der Waals surface area contributed by atoms with Gasteiger partial charge in [0, 0.05) is 5.33 Å². The quantitative estimate of drug-likeness (QED) is 0.353. The van der Waals surface area contributed by atoms with Gasteiger partial charge < -0.3 is 0 Å². The third kappa shape index (κ3) is 6.58. The second-order valence-corrected chi connectivity index (χ2v) is 5.69. The van der Waals surface area contributed by atoms with Gasteiger partial charge in [0.25, 0.3) is 0 Å². The fourth-order valence-electron chi connectivity index (χ4n) is 2.38. The molecule has 0 spiro atoms. The Morgan fingerprint density at radius 1 is 0.778 bits per heavy atom. The number of hydrogen-bond donors (Lipinski definition) is 0. The first kappa shape index (κ1) is 15.8. The van der Waals surface area contributed by atoms with Crippen LogP contribution in [0.1, 0.15) is 69.4 Å². The van der Waals surface area contributed by atoms with Crippen LogP contribution in [0.3, 0.4) is 0 Å². The van der Waals surface area contributed by atoms with Crippen molar-refractivity contribution in [1.29, 1.82) is 0 Å². The van der Waals surface area contributed by atoms with Crippen molar-refractivity contribution < 1.29 is 0 Å². The molecule has 0 amide bonds. The Labute approximate surface area is 121 Å². The first-order chi connectivity index (χ1) is 8.88. The SMILES string of the molecule is CCCCCCCCCCc1ccccc1CBr. The zero-order valence-corrected chi connectivity index (χ0v) is 13.3. The maximum Gasteiger partial charge on any atom is 0.0285 e. The molecule has 0 unspecified atom stereocenters. The summed E-state index contributed by atoms with van der Waals surface area (Å²) in [5.41, 5.74) is 2.99. The van der Waals surface area contributed by atoms with Gasteiger partial charge in [0.2, 0.25) is 0 Å². The summed E-state index contributed by atoms with van der Waals surface area (Å²) in [6, 6.07) is 8.80. The lowest BCUT2D eigenvalue weighted by Crippen LogP contribution is -1.91. The maximum absolute atomic E-state index is 3.57. The van der Waals surface area contributed by atoms with Crippen LogP contribution in [0.2, 0.25) is 0 Å². The number of hydrogen-bond acceptors (Lipinski definition) is 0. The minimum atomic E-state index is 0.986. The summed E-state index contributed by atoms with van der Waals surface area (Å²) < 4.78 is 0. The Kier molecular flexibility index (Phi) is 9.28. The second-order valence-electron chi connectivity index (χ2n) is 5.13. The zero-order valence-electron chi connectivity index (χ0n) is 11.8. The maximum atomic E-state index is 3.57. The molecule has 0 fully saturated rings. The topological polar surface area (TPSA) is 0 Å². The van der Waals surface area contributed by atoms with Gasteiger partial charge in [-0.3, -0.25) is 0 Å². The standard InChI is InChI=1S/C17H27Br/c1-2-3-4-5-6-7-8-9-12-16-13-10-11-14-17(16)15-18/h10-11,13-14H,2-9,12,15H2,1H3. The highest BCUT2D eigenvalue weighted by Crippen LogP contribution is 2.16. The number of halogens is 1. The molecule has 0 aliphatic carbocycles. The van der Waals surface area contributed by atoms with Crippen LogP contribution >= 0.6 is 15.9 Å².